The number of carbonyl (C=O) groups is 3. The van der Waals surface area contributed by atoms with Crippen LogP contribution in [0, 0.1) is 17.5 Å². The predicted octanol–water partition coefficient (Wildman–Crippen LogP) is 4.57. The molecule has 1 saturated heterocycles. The number of hydrogen-bond donors (Lipinski definition) is 4. The smallest absolute Gasteiger partial charge is 0.407 e. The van der Waals surface area contributed by atoms with Gasteiger partial charge in [0.05, 0.1) is 43.9 Å². The zero-order valence-electron chi connectivity index (χ0n) is 26.0. The highest BCUT2D eigenvalue weighted by Gasteiger charge is 2.34. The summed E-state index contributed by atoms with van der Waals surface area (Å²) in [4.78, 5) is 41.6. The van der Waals surface area contributed by atoms with Crippen LogP contribution >= 0.6 is 0 Å². The molecule has 0 radical (unpaired) electrons. The van der Waals surface area contributed by atoms with Crippen LogP contribution in [0.2, 0.25) is 0 Å². The Balaban J connectivity index is 1.45. The van der Waals surface area contributed by atoms with Gasteiger partial charge < -0.3 is 35.5 Å². The normalized spacial score (nSPS) is 17.4. The number of amides is 3. The van der Waals surface area contributed by atoms with Crippen LogP contribution in [-0.2, 0) is 25.4 Å². The minimum absolute atomic E-state index is 0.0151. The molecule has 1 aliphatic heterocycles. The lowest BCUT2D eigenvalue weighted by molar-refractivity contribution is -0.124. The van der Waals surface area contributed by atoms with E-state index in [9.17, 15) is 36.3 Å². The van der Waals surface area contributed by atoms with Gasteiger partial charge in [0.2, 0.25) is 5.91 Å². The van der Waals surface area contributed by atoms with E-state index in [-0.39, 0.29) is 49.4 Å². The molecule has 0 spiro atoms. The van der Waals surface area contributed by atoms with Gasteiger partial charge in [-0.3, -0.25) is 9.78 Å². The largest absolute Gasteiger partial charge is 0.453 e. The van der Waals surface area contributed by atoms with E-state index in [4.69, 9.17) is 14.2 Å². The second-order valence-corrected chi connectivity index (χ2v) is 11.0. The number of methoxy groups -OCH3 is 1. The minimum Gasteiger partial charge on any atom is -0.453 e. The summed E-state index contributed by atoms with van der Waals surface area (Å²) in [6.07, 6.45) is -4.76. The number of hydrogen-bond acceptors (Lipinski definition) is 8. The molecule has 1 aliphatic rings. The Morgan fingerprint density at radius 2 is 1.78 bits per heavy atom. The number of anilines is 1. The average molecular weight is 698 g/mol. The lowest BCUT2D eigenvalue weighted by Gasteiger charge is -2.30. The summed E-state index contributed by atoms with van der Waals surface area (Å²) < 4.78 is 95.3. The van der Waals surface area contributed by atoms with E-state index in [0.29, 0.717) is 5.56 Å². The molecule has 2 aromatic carbocycles. The maximum absolute atomic E-state index is 15.1. The molecule has 4 rings (SSSR count). The molecule has 1 aromatic heterocycles. The van der Waals surface area contributed by atoms with Crippen molar-refractivity contribution in [2.24, 2.45) is 0 Å². The van der Waals surface area contributed by atoms with E-state index in [0.717, 1.165) is 25.4 Å². The maximum Gasteiger partial charge on any atom is 0.407 e. The van der Waals surface area contributed by atoms with Crippen molar-refractivity contribution in [2.45, 2.75) is 43.1 Å². The Hall–Kier alpha value is -4.90. The number of benzene rings is 2. The molecule has 2 heterocycles. The van der Waals surface area contributed by atoms with Gasteiger partial charge in [0, 0.05) is 18.0 Å². The molecular formula is C32H33F6N5O6. The number of morpholine rings is 1. The number of nitrogens with one attached hydrogen (secondary N) is 4. The van der Waals surface area contributed by atoms with Crippen LogP contribution in [0.3, 0.4) is 0 Å². The van der Waals surface area contributed by atoms with Crippen LogP contribution < -0.4 is 21.3 Å². The summed E-state index contributed by atoms with van der Waals surface area (Å²) in [6.45, 7) is -1.49. The summed E-state index contributed by atoms with van der Waals surface area (Å²) in [6, 6.07) is 8.42. The Morgan fingerprint density at radius 3 is 2.43 bits per heavy atom. The van der Waals surface area contributed by atoms with E-state index in [1.54, 1.807) is 5.32 Å². The third-order valence-corrected chi connectivity index (χ3v) is 7.51. The molecule has 4 atom stereocenters. The summed E-state index contributed by atoms with van der Waals surface area (Å²) in [5.41, 5.74) is 0.681. The number of pyridine rings is 1. The average Bonchev–Trinajstić information content (AvgIpc) is 3.06. The van der Waals surface area contributed by atoms with Crippen LogP contribution in [0.1, 0.15) is 29.0 Å². The molecular weight excluding hydrogens is 664 g/mol. The maximum atomic E-state index is 15.1. The Kier molecular flexibility index (Phi) is 12.8. The van der Waals surface area contributed by atoms with Gasteiger partial charge in [-0.15, -0.1) is 0 Å². The Morgan fingerprint density at radius 1 is 1.02 bits per heavy atom. The van der Waals surface area contributed by atoms with Gasteiger partial charge in [-0.25, -0.2) is 22.8 Å². The SMILES string of the molecule is COC(=O)N[C@H](C(=O)Nc1cncc(F)c1CC[C@@H]1CN[C@H](COC(=O)NCC(F)(F)F)CO1)[C@H](c1ccc(F)cc1)c1cccc(F)c1. The number of halogens is 6. The zero-order valence-corrected chi connectivity index (χ0v) is 26.0. The van der Waals surface area contributed by atoms with Crippen molar-refractivity contribution in [1.29, 1.82) is 0 Å². The Bertz CT molecular complexity index is 1590. The highest BCUT2D eigenvalue weighted by atomic mass is 19.4. The van der Waals surface area contributed by atoms with Gasteiger partial charge in [-0.1, -0.05) is 24.3 Å². The van der Waals surface area contributed by atoms with Crippen LogP contribution in [0.4, 0.5) is 41.6 Å². The summed E-state index contributed by atoms with van der Waals surface area (Å²) in [5.74, 6) is -3.81. The monoisotopic (exact) mass is 697 g/mol. The standard InChI is InChI=1S/C32H33F6N5O6/c1-47-31(46)43-28(27(18-5-7-20(33)8-6-18)19-3-2-4-21(34)11-19)29(44)42-26-14-39-13-25(35)24(26)10-9-23-12-40-22(15-48-23)16-49-30(45)41-17-32(36,37)38/h2-8,11,13-14,22-23,27-28,40H,9-10,12,15-17H2,1H3,(H,41,45)(H,42,44)(H,43,46)/t22-,23+,27+,28-/m0/s1. The van der Waals surface area contributed by atoms with Crippen molar-refractivity contribution >= 4 is 23.8 Å². The third-order valence-electron chi connectivity index (χ3n) is 7.51. The molecule has 11 nitrogen and oxygen atoms in total. The van der Waals surface area contributed by atoms with Crippen molar-refractivity contribution in [1.82, 2.24) is 20.9 Å². The summed E-state index contributed by atoms with van der Waals surface area (Å²) in [7, 11) is 1.08. The van der Waals surface area contributed by atoms with Gasteiger partial charge in [0.15, 0.2) is 0 Å². The van der Waals surface area contributed by atoms with Gasteiger partial charge in [0.25, 0.3) is 0 Å². The van der Waals surface area contributed by atoms with Crippen LogP contribution in [0.25, 0.3) is 0 Å². The summed E-state index contributed by atoms with van der Waals surface area (Å²) in [5, 5.41) is 9.71. The number of carbonyl (C=O) groups excluding carboxylic acids is 3. The topological polar surface area (TPSA) is 140 Å². The molecule has 0 aliphatic carbocycles. The first-order valence-corrected chi connectivity index (χ1v) is 14.9. The molecule has 264 valence electrons. The number of alkyl carbamates (subject to hydrolysis) is 2. The van der Waals surface area contributed by atoms with Crippen molar-refractivity contribution in [3.05, 3.63) is 95.1 Å². The van der Waals surface area contributed by atoms with E-state index >= 15 is 4.39 Å². The number of alkyl halides is 3. The first kappa shape index (κ1) is 36.9. The molecule has 17 heteroatoms. The molecule has 0 bridgehead atoms. The molecule has 0 saturated carbocycles. The summed E-state index contributed by atoms with van der Waals surface area (Å²) >= 11 is 0. The fraction of sp³-hybridized carbons (Fsp3) is 0.375. The lowest BCUT2D eigenvalue weighted by atomic mass is 9.84. The van der Waals surface area contributed by atoms with Gasteiger partial charge >= 0.3 is 18.4 Å². The number of aromatic nitrogens is 1. The fourth-order valence-corrected chi connectivity index (χ4v) is 5.13. The van der Waals surface area contributed by atoms with Crippen LogP contribution in [0.15, 0.2) is 60.9 Å². The van der Waals surface area contributed by atoms with Crippen molar-refractivity contribution in [2.75, 3.05) is 38.7 Å². The predicted molar refractivity (Wildman–Crippen MR) is 162 cm³/mol. The Labute approximate surface area is 276 Å². The van der Waals surface area contributed by atoms with Gasteiger partial charge in [-0.05, 0) is 48.2 Å². The molecule has 49 heavy (non-hydrogen) atoms. The first-order chi connectivity index (χ1) is 23.3. The van der Waals surface area contributed by atoms with Crippen LogP contribution in [-0.4, -0.2) is 80.9 Å². The molecule has 0 unspecified atom stereocenters. The van der Waals surface area contributed by atoms with Gasteiger partial charge in [-0.2, -0.15) is 13.2 Å². The number of nitrogens with zero attached hydrogens (tertiary/aromatic N) is 1. The van der Waals surface area contributed by atoms with Gasteiger partial charge in [0.1, 0.15) is 36.6 Å². The number of rotatable bonds is 12. The molecule has 3 amide bonds. The highest BCUT2D eigenvalue weighted by molar-refractivity contribution is 5.98. The molecule has 1 fully saturated rings. The second-order valence-electron chi connectivity index (χ2n) is 11.0. The van der Waals surface area contributed by atoms with E-state index < -0.39 is 72.4 Å². The van der Waals surface area contributed by atoms with Crippen LogP contribution in [0.5, 0.6) is 0 Å². The first-order valence-electron chi connectivity index (χ1n) is 14.9. The molecule has 4 N–H and O–H groups in total. The minimum atomic E-state index is -4.58. The third kappa shape index (κ3) is 11.1. The van der Waals surface area contributed by atoms with E-state index in [1.807, 2.05) is 0 Å². The van der Waals surface area contributed by atoms with E-state index in [2.05, 4.69) is 20.9 Å². The fourth-order valence-electron chi connectivity index (χ4n) is 5.13. The highest BCUT2D eigenvalue weighted by Crippen LogP contribution is 2.31. The second kappa shape index (κ2) is 17.0. The molecule has 3 aromatic rings. The lowest BCUT2D eigenvalue weighted by Crippen LogP contribution is -2.49. The zero-order chi connectivity index (χ0) is 35.6. The quantitative estimate of drug-likeness (QED) is 0.202. The van der Waals surface area contributed by atoms with Crippen molar-refractivity contribution < 1.29 is 54.9 Å². The number of ether oxygens (including phenoxy) is 3. The van der Waals surface area contributed by atoms with E-state index in [1.165, 1.54) is 42.6 Å². The van der Waals surface area contributed by atoms with Crippen molar-refractivity contribution in [3.8, 4) is 0 Å². The van der Waals surface area contributed by atoms with Crippen molar-refractivity contribution in [3.63, 3.8) is 0 Å².